The van der Waals surface area contributed by atoms with E-state index < -0.39 is 0 Å². The Hall–Kier alpha value is -1.20. The fourth-order valence-electron chi connectivity index (χ4n) is 2.68. The molecule has 1 unspecified atom stereocenters. The summed E-state index contributed by atoms with van der Waals surface area (Å²) in [6.07, 6.45) is 4.94. The SMILES string of the molecule is CC1(C)CCCCC1Nc1cc(Cl)ccc1C#N. The summed E-state index contributed by atoms with van der Waals surface area (Å²) in [6.45, 7) is 4.58. The van der Waals surface area contributed by atoms with E-state index in [0.29, 0.717) is 16.6 Å². The van der Waals surface area contributed by atoms with Crippen LogP contribution in [0.2, 0.25) is 5.02 Å². The number of nitriles is 1. The Bertz CT molecular complexity index is 474. The van der Waals surface area contributed by atoms with Crippen molar-refractivity contribution in [3.05, 3.63) is 28.8 Å². The van der Waals surface area contributed by atoms with Gasteiger partial charge in [-0.15, -0.1) is 0 Å². The molecule has 1 aromatic rings. The second-order valence-electron chi connectivity index (χ2n) is 5.73. The molecule has 0 aliphatic heterocycles. The lowest BCUT2D eigenvalue weighted by atomic mass is 9.73. The molecule has 0 amide bonds. The minimum atomic E-state index is 0.271. The second kappa shape index (κ2) is 5.20. The van der Waals surface area contributed by atoms with E-state index in [1.807, 2.05) is 6.07 Å². The lowest BCUT2D eigenvalue weighted by Crippen LogP contribution is -2.39. The first-order valence-electron chi connectivity index (χ1n) is 6.49. The third-order valence-corrected chi connectivity index (χ3v) is 4.17. The Morgan fingerprint density at radius 1 is 1.39 bits per heavy atom. The summed E-state index contributed by atoms with van der Waals surface area (Å²) < 4.78 is 0. The second-order valence-corrected chi connectivity index (χ2v) is 6.17. The number of nitrogens with one attached hydrogen (secondary N) is 1. The van der Waals surface area contributed by atoms with E-state index in [4.69, 9.17) is 16.9 Å². The Kier molecular flexibility index (Phi) is 3.82. The molecule has 0 radical (unpaired) electrons. The van der Waals surface area contributed by atoms with Gasteiger partial charge in [0.05, 0.1) is 11.3 Å². The maximum absolute atomic E-state index is 9.14. The highest BCUT2D eigenvalue weighted by atomic mass is 35.5. The van der Waals surface area contributed by atoms with E-state index in [-0.39, 0.29) is 5.41 Å². The molecule has 0 spiro atoms. The predicted octanol–water partition coefficient (Wildman–Crippen LogP) is 4.59. The minimum Gasteiger partial charge on any atom is -0.381 e. The van der Waals surface area contributed by atoms with Crippen molar-refractivity contribution in [3.8, 4) is 6.07 Å². The first kappa shape index (κ1) is 13.2. The monoisotopic (exact) mass is 262 g/mol. The van der Waals surface area contributed by atoms with Gasteiger partial charge < -0.3 is 5.32 Å². The fraction of sp³-hybridized carbons (Fsp3) is 0.533. The summed E-state index contributed by atoms with van der Waals surface area (Å²) in [4.78, 5) is 0. The fourth-order valence-corrected chi connectivity index (χ4v) is 2.85. The van der Waals surface area contributed by atoms with Crippen molar-refractivity contribution >= 4 is 17.3 Å². The number of benzene rings is 1. The van der Waals surface area contributed by atoms with Crippen molar-refractivity contribution in [2.45, 2.75) is 45.6 Å². The standard InChI is InChI=1S/C15H19ClN2/c1-15(2)8-4-3-5-14(15)18-13-9-12(16)7-6-11(13)10-17/h6-7,9,14,18H,3-5,8H2,1-2H3. The maximum atomic E-state index is 9.14. The van der Waals surface area contributed by atoms with E-state index in [9.17, 15) is 0 Å². The van der Waals surface area contributed by atoms with Crippen LogP contribution in [0.3, 0.4) is 0 Å². The van der Waals surface area contributed by atoms with Crippen molar-refractivity contribution in [3.63, 3.8) is 0 Å². The van der Waals surface area contributed by atoms with Crippen molar-refractivity contribution in [2.24, 2.45) is 5.41 Å². The molecular formula is C15H19ClN2. The number of hydrogen-bond donors (Lipinski definition) is 1. The summed E-state index contributed by atoms with van der Waals surface area (Å²) in [6, 6.07) is 8.02. The zero-order valence-corrected chi connectivity index (χ0v) is 11.7. The smallest absolute Gasteiger partial charge is 0.101 e. The average molecular weight is 263 g/mol. The van der Waals surface area contributed by atoms with Crippen LogP contribution < -0.4 is 5.32 Å². The van der Waals surface area contributed by atoms with Gasteiger partial charge in [-0.1, -0.05) is 38.3 Å². The molecule has 1 aromatic carbocycles. The molecule has 0 aromatic heterocycles. The van der Waals surface area contributed by atoms with Crippen molar-refractivity contribution in [1.82, 2.24) is 0 Å². The highest BCUT2D eigenvalue weighted by molar-refractivity contribution is 6.30. The van der Waals surface area contributed by atoms with Gasteiger partial charge >= 0.3 is 0 Å². The van der Waals surface area contributed by atoms with Crippen molar-refractivity contribution < 1.29 is 0 Å². The lowest BCUT2D eigenvalue weighted by Gasteiger charge is -2.39. The van der Waals surface area contributed by atoms with Crippen LogP contribution in [0.1, 0.15) is 45.1 Å². The van der Waals surface area contributed by atoms with Gasteiger partial charge in [0.1, 0.15) is 6.07 Å². The summed E-state index contributed by atoms with van der Waals surface area (Å²) >= 11 is 6.01. The number of halogens is 1. The molecule has 2 rings (SSSR count). The third-order valence-electron chi connectivity index (χ3n) is 3.94. The first-order valence-corrected chi connectivity index (χ1v) is 6.87. The molecule has 1 atom stereocenters. The molecule has 1 fully saturated rings. The number of anilines is 1. The zero-order valence-electron chi connectivity index (χ0n) is 11.0. The quantitative estimate of drug-likeness (QED) is 0.846. The minimum absolute atomic E-state index is 0.271. The molecule has 1 aliphatic carbocycles. The highest BCUT2D eigenvalue weighted by Gasteiger charge is 2.32. The Morgan fingerprint density at radius 3 is 2.83 bits per heavy atom. The van der Waals surface area contributed by atoms with Gasteiger partial charge in [-0.05, 0) is 36.5 Å². The Labute approximate surface area is 114 Å². The van der Waals surface area contributed by atoms with Gasteiger partial charge in [0.15, 0.2) is 0 Å². The molecule has 1 aliphatic rings. The van der Waals surface area contributed by atoms with Gasteiger partial charge in [0, 0.05) is 11.1 Å². The van der Waals surface area contributed by atoms with Gasteiger partial charge in [0.2, 0.25) is 0 Å². The maximum Gasteiger partial charge on any atom is 0.101 e. The molecule has 18 heavy (non-hydrogen) atoms. The van der Waals surface area contributed by atoms with Crippen LogP contribution in [-0.4, -0.2) is 6.04 Å². The average Bonchev–Trinajstić information content (AvgIpc) is 2.32. The van der Waals surface area contributed by atoms with Gasteiger partial charge in [0.25, 0.3) is 0 Å². The van der Waals surface area contributed by atoms with Gasteiger partial charge in [-0.2, -0.15) is 5.26 Å². The molecule has 2 nitrogen and oxygen atoms in total. The lowest BCUT2D eigenvalue weighted by molar-refractivity contribution is 0.217. The summed E-state index contributed by atoms with van der Waals surface area (Å²) in [5, 5.41) is 13.3. The largest absolute Gasteiger partial charge is 0.381 e. The summed E-state index contributed by atoms with van der Waals surface area (Å²) in [7, 11) is 0. The number of nitrogens with zero attached hydrogens (tertiary/aromatic N) is 1. The number of rotatable bonds is 2. The van der Waals surface area contributed by atoms with Crippen molar-refractivity contribution in [1.29, 1.82) is 5.26 Å². The van der Waals surface area contributed by atoms with E-state index in [2.05, 4.69) is 25.2 Å². The molecule has 0 saturated heterocycles. The van der Waals surface area contributed by atoms with Crippen LogP contribution in [0.4, 0.5) is 5.69 Å². The zero-order chi connectivity index (χ0) is 13.2. The van der Waals surface area contributed by atoms with Crippen LogP contribution >= 0.6 is 11.6 Å². The van der Waals surface area contributed by atoms with Gasteiger partial charge in [-0.25, -0.2) is 0 Å². The molecule has 0 bridgehead atoms. The number of hydrogen-bond acceptors (Lipinski definition) is 2. The summed E-state index contributed by atoms with van der Waals surface area (Å²) in [5.74, 6) is 0. The van der Waals surface area contributed by atoms with E-state index in [1.54, 1.807) is 12.1 Å². The van der Waals surface area contributed by atoms with E-state index >= 15 is 0 Å². The Balaban J connectivity index is 2.23. The highest BCUT2D eigenvalue weighted by Crippen LogP contribution is 2.38. The molecule has 1 saturated carbocycles. The summed E-state index contributed by atoms with van der Waals surface area (Å²) in [5.41, 5.74) is 1.80. The normalized spacial score (nSPS) is 22.2. The van der Waals surface area contributed by atoms with Crippen molar-refractivity contribution in [2.75, 3.05) is 5.32 Å². The third kappa shape index (κ3) is 2.79. The van der Waals surface area contributed by atoms with E-state index in [0.717, 1.165) is 12.1 Å². The molecule has 96 valence electrons. The van der Waals surface area contributed by atoms with Crippen LogP contribution in [0, 0.1) is 16.7 Å². The Morgan fingerprint density at radius 2 is 2.17 bits per heavy atom. The van der Waals surface area contributed by atoms with Crippen LogP contribution in [0.25, 0.3) is 0 Å². The molecule has 0 heterocycles. The van der Waals surface area contributed by atoms with Crippen LogP contribution in [0.5, 0.6) is 0 Å². The predicted molar refractivity (Wildman–Crippen MR) is 75.8 cm³/mol. The van der Waals surface area contributed by atoms with Crippen LogP contribution in [0.15, 0.2) is 18.2 Å². The molecule has 1 N–H and O–H groups in total. The van der Waals surface area contributed by atoms with Gasteiger partial charge in [-0.3, -0.25) is 0 Å². The molecular weight excluding hydrogens is 244 g/mol. The molecule has 3 heteroatoms. The van der Waals surface area contributed by atoms with Crippen LogP contribution in [-0.2, 0) is 0 Å². The van der Waals surface area contributed by atoms with E-state index in [1.165, 1.54) is 19.3 Å². The first-order chi connectivity index (χ1) is 8.53. The topological polar surface area (TPSA) is 35.8 Å².